The molecule has 4 N–H and O–H groups in total. The van der Waals surface area contributed by atoms with E-state index >= 15 is 0 Å². The van der Waals surface area contributed by atoms with Crippen LogP contribution in [0.4, 0.5) is 15.8 Å². The first-order valence-corrected chi connectivity index (χ1v) is 10.5. The molecule has 0 radical (unpaired) electrons. The molecule has 1 aromatic carbocycles. The number of ether oxygens (including phenoxy) is 2. The number of anilines is 2. The largest absolute Gasteiger partial charge is 0.396 e. The predicted octanol–water partition coefficient (Wildman–Crippen LogP) is 4.19. The molecule has 0 amide bonds. The number of nitrogens with two attached hydrogens (primary N) is 1. The van der Waals surface area contributed by atoms with Crippen LogP contribution < -0.4 is 11.1 Å². The number of unbranched alkanes of at least 4 members (excludes halogenated alkanes) is 2. The first kappa shape index (κ1) is 25.2. The van der Waals surface area contributed by atoms with Gasteiger partial charge in [0.15, 0.2) is 0 Å². The highest BCUT2D eigenvalue weighted by atomic mass is 19.1. The fourth-order valence-electron chi connectivity index (χ4n) is 2.44. The Kier molecular flexibility index (Phi) is 11.7. The van der Waals surface area contributed by atoms with Gasteiger partial charge in [-0.1, -0.05) is 38.5 Å². The van der Waals surface area contributed by atoms with Crippen molar-refractivity contribution in [2.75, 3.05) is 44.0 Å². The van der Waals surface area contributed by atoms with Crippen molar-refractivity contribution in [2.24, 2.45) is 5.41 Å². The number of aliphatic hydroxyl groups is 1. The number of hydrogen-bond donors (Lipinski definition) is 3. The number of halogens is 1. The summed E-state index contributed by atoms with van der Waals surface area (Å²) < 4.78 is 25.1. The van der Waals surface area contributed by atoms with Gasteiger partial charge in [0.1, 0.15) is 5.82 Å². The molecule has 0 heterocycles. The third kappa shape index (κ3) is 10.5. The number of hydrogen-bond acceptors (Lipinski definition) is 5. The van der Waals surface area contributed by atoms with Crippen molar-refractivity contribution in [3.63, 3.8) is 0 Å². The molecule has 0 aliphatic rings. The van der Waals surface area contributed by atoms with E-state index in [0.717, 1.165) is 32.3 Å². The van der Waals surface area contributed by atoms with Crippen LogP contribution in [0.15, 0.2) is 12.1 Å². The highest BCUT2D eigenvalue weighted by Gasteiger charge is 2.15. The van der Waals surface area contributed by atoms with E-state index in [9.17, 15) is 9.50 Å². The maximum Gasteiger partial charge on any atom is 0.148 e. The van der Waals surface area contributed by atoms with E-state index in [2.05, 4.69) is 31.0 Å². The lowest BCUT2D eigenvalue weighted by Crippen LogP contribution is -2.25. The van der Waals surface area contributed by atoms with E-state index < -0.39 is 11.9 Å². The molecule has 1 aromatic rings. The zero-order valence-electron chi connectivity index (χ0n) is 18.3. The molecule has 0 saturated carbocycles. The van der Waals surface area contributed by atoms with E-state index in [1.54, 1.807) is 0 Å². The van der Waals surface area contributed by atoms with Gasteiger partial charge in [-0.2, -0.15) is 0 Å². The van der Waals surface area contributed by atoms with Gasteiger partial charge in [0.25, 0.3) is 0 Å². The van der Waals surface area contributed by atoms with Gasteiger partial charge < -0.3 is 25.6 Å². The quantitative estimate of drug-likeness (QED) is 0.259. The molecule has 5 nitrogen and oxygen atoms in total. The second kappa shape index (κ2) is 13.4. The van der Waals surface area contributed by atoms with Crippen molar-refractivity contribution in [3.05, 3.63) is 23.5 Å². The zero-order valence-corrected chi connectivity index (χ0v) is 18.3. The first-order chi connectivity index (χ1) is 13.8. The topological polar surface area (TPSA) is 76.7 Å². The van der Waals surface area contributed by atoms with Crippen molar-refractivity contribution >= 4 is 11.4 Å². The van der Waals surface area contributed by atoms with Crippen molar-refractivity contribution in [3.8, 4) is 11.8 Å². The molecule has 0 aromatic heterocycles. The third-order valence-corrected chi connectivity index (χ3v) is 4.26. The number of benzene rings is 1. The molecule has 0 aliphatic heterocycles. The molecule has 0 bridgehead atoms. The Morgan fingerprint density at radius 3 is 2.48 bits per heavy atom. The Morgan fingerprint density at radius 2 is 1.83 bits per heavy atom. The minimum Gasteiger partial charge on any atom is -0.396 e. The van der Waals surface area contributed by atoms with Gasteiger partial charge in [-0.25, -0.2) is 4.39 Å². The van der Waals surface area contributed by atoms with E-state index in [1.807, 2.05) is 13.8 Å². The Hall–Kier alpha value is -1.81. The summed E-state index contributed by atoms with van der Waals surface area (Å²) in [4.78, 5) is 0. The van der Waals surface area contributed by atoms with Crippen molar-refractivity contribution in [2.45, 2.75) is 59.5 Å². The minimum atomic E-state index is -0.698. The molecule has 6 heteroatoms. The zero-order chi connectivity index (χ0) is 21.7. The summed E-state index contributed by atoms with van der Waals surface area (Å²) in [5.41, 5.74) is 6.51. The summed E-state index contributed by atoms with van der Waals surface area (Å²) in [6, 6.07) is 2.83. The van der Waals surface area contributed by atoms with Crippen LogP contribution in [0.3, 0.4) is 0 Å². The molecule has 0 aliphatic carbocycles. The lowest BCUT2D eigenvalue weighted by atomic mass is 9.95. The Morgan fingerprint density at radius 1 is 1.17 bits per heavy atom. The number of nitrogens with one attached hydrogen (secondary N) is 1. The fraction of sp³-hybridized carbons (Fsp3) is 0.652. The molecule has 0 saturated heterocycles. The number of nitrogen functional groups attached to an aromatic ring is 1. The van der Waals surface area contributed by atoms with Crippen LogP contribution in [0, 0.1) is 23.1 Å². The van der Waals surface area contributed by atoms with Gasteiger partial charge in [-0.15, -0.1) is 0 Å². The summed E-state index contributed by atoms with van der Waals surface area (Å²) in [6.45, 7) is 10.5. The van der Waals surface area contributed by atoms with E-state index in [0.29, 0.717) is 24.5 Å². The standard InChI is InChI=1S/C23H37FN2O3/c1-5-7-11-28-16-19(27)15-26-22-14-20(24)21(25)13-18(22)9-10-23(3,4)17-29-12-8-6-2/h13-14,19,26-27H,5-8,11-12,15-17,25H2,1-4H3. The lowest BCUT2D eigenvalue weighted by Gasteiger charge is -2.18. The summed E-state index contributed by atoms with van der Waals surface area (Å²) in [7, 11) is 0. The van der Waals surface area contributed by atoms with Crippen LogP contribution >= 0.6 is 0 Å². The summed E-state index contributed by atoms with van der Waals surface area (Å²) in [5.74, 6) is 5.77. The molecular weight excluding hydrogens is 371 g/mol. The fourth-order valence-corrected chi connectivity index (χ4v) is 2.44. The van der Waals surface area contributed by atoms with E-state index in [4.69, 9.17) is 15.2 Å². The minimum absolute atomic E-state index is 0.0419. The van der Waals surface area contributed by atoms with Gasteiger partial charge in [-0.05, 0) is 32.8 Å². The molecule has 164 valence electrons. The third-order valence-electron chi connectivity index (χ3n) is 4.26. The Bertz CT molecular complexity index is 668. The average molecular weight is 409 g/mol. The van der Waals surface area contributed by atoms with Gasteiger partial charge in [0.2, 0.25) is 0 Å². The highest BCUT2D eigenvalue weighted by molar-refractivity contribution is 5.65. The highest BCUT2D eigenvalue weighted by Crippen LogP contribution is 2.23. The van der Waals surface area contributed by atoms with Gasteiger partial charge in [0.05, 0.1) is 30.7 Å². The van der Waals surface area contributed by atoms with Crippen LogP contribution in [-0.4, -0.2) is 44.2 Å². The normalized spacial score (nSPS) is 12.3. The van der Waals surface area contributed by atoms with Crippen LogP contribution in [0.5, 0.6) is 0 Å². The average Bonchev–Trinajstić information content (AvgIpc) is 2.68. The van der Waals surface area contributed by atoms with Gasteiger partial charge in [-0.3, -0.25) is 0 Å². The molecule has 29 heavy (non-hydrogen) atoms. The monoisotopic (exact) mass is 408 g/mol. The lowest BCUT2D eigenvalue weighted by molar-refractivity contribution is 0.0421. The molecule has 1 unspecified atom stereocenters. The smallest absolute Gasteiger partial charge is 0.148 e. The SMILES string of the molecule is CCCCOCC(O)CNc1cc(F)c(N)cc1C#CC(C)(C)COCCCC. The second-order valence-corrected chi connectivity index (χ2v) is 7.92. The van der Waals surface area contributed by atoms with Crippen LogP contribution in [-0.2, 0) is 9.47 Å². The molecule has 0 spiro atoms. The van der Waals surface area contributed by atoms with Crippen molar-refractivity contribution in [1.82, 2.24) is 0 Å². The molecule has 1 rings (SSSR count). The summed E-state index contributed by atoms with van der Waals surface area (Å²) in [6.07, 6.45) is 3.42. The molecule has 1 atom stereocenters. The van der Waals surface area contributed by atoms with E-state index in [1.165, 1.54) is 12.1 Å². The number of aliphatic hydroxyl groups excluding tert-OH is 1. The maximum absolute atomic E-state index is 14.0. The van der Waals surface area contributed by atoms with Gasteiger partial charge in [0, 0.05) is 36.8 Å². The van der Waals surface area contributed by atoms with Crippen LogP contribution in [0.25, 0.3) is 0 Å². The summed E-state index contributed by atoms with van der Waals surface area (Å²) in [5, 5.41) is 13.1. The molecular formula is C23H37FN2O3. The molecule has 0 fully saturated rings. The predicted molar refractivity (Wildman–Crippen MR) is 117 cm³/mol. The summed E-state index contributed by atoms with van der Waals surface area (Å²) >= 11 is 0. The van der Waals surface area contributed by atoms with Crippen LogP contribution in [0.1, 0.15) is 58.9 Å². The number of rotatable bonds is 13. The van der Waals surface area contributed by atoms with Crippen LogP contribution in [0.2, 0.25) is 0 Å². The second-order valence-electron chi connectivity index (χ2n) is 7.92. The van der Waals surface area contributed by atoms with Gasteiger partial charge >= 0.3 is 0 Å². The van der Waals surface area contributed by atoms with Crippen molar-refractivity contribution < 1.29 is 19.0 Å². The van der Waals surface area contributed by atoms with E-state index in [-0.39, 0.29) is 24.3 Å². The Balaban J connectivity index is 2.77. The maximum atomic E-state index is 14.0. The first-order valence-electron chi connectivity index (χ1n) is 10.5. The van der Waals surface area contributed by atoms with Crippen molar-refractivity contribution in [1.29, 1.82) is 0 Å². The Labute approximate surface area is 175 Å².